The summed E-state index contributed by atoms with van der Waals surface area (Å²) in [5, 5.41) is 4.34. The number of aryl methyl sites for hydroxylation is 1. The number of benzene rings is 1. The Bertz CT molecular complexity index is 918. The van der Waals surface area contributed by atoms with Crippen molar-refractivity contribution in [3.63, 3.8) is 0 Å². The number of carbonyl (C=O) groups excluding carboxylic acids is 1. The van der Waals surface area contributed by atoms with Gasteiger partial charge in [-0.15, -0.1) is 0 Å². The lowest BCUT2D eigenvalue weighted by Gasteiger charge is -2.33. The number of nitrogens with zero attached hydrogens (tertiary/aromatic N) is 3. The summed E-state index contributed by atoms with van der Waals surface area (Å²) in [5.41, 5.74) is 2.95. The molecule has 5 nitrogen and oxygen atoms in total. The van der Waals surface area contributed by atoms with Crippen molar-refractivity contribution < 1.29 is 4.79 Å². The molecule has 2 aromatic heterocycles. The Hall–Kier alpha value is -2.95. The molecule has 0 aliphatic carbocycles. The number of pyridine rings is 2. The third-order valence-corrected chi connectivity index (χ3v) is 5.01. The second-order valence-corrected chi connectivity index (χ2v) is 6.79. The van der Waals surface area contributed by atoms with E-state index in [2.05, 4.69) is 40.3 Å². The topological polar surface area (TPSA) is 58.1 Å². The van der Waals surface area contributed by atoms with Crippen LogP contribution in [-0.4, -0.2) is 35.0 Å². The number of nitrogens with one attached hydrogen (secondary N) is 1. The number of anilines is 1. The van der Waals surface area contributed by atoms with E-state index in [1.807, 2.05) is 12.1 Å². The molecule has 1 amide bonds. The van der Waals surface area contributed by atoms with Crippen molar-refractivity contribution in [1.82, 2.24) is 15.3 Å². The first-order valence-electron chi connectivity index (χ1n) is 9.03. The lowest BCUT2D eigenvalue weighted by atomic mass is 10.0. The van der Waals surface area contributed by atoms with Crippen LogP contribution in [0.4, 0.5) is 5.82 Å². The predicted octanol–water partition coefficient (Wildman–Crippen LogP) is 3.34. The Morgan fingerprint density at radius 1 is 1.12 bits per heavy atom. The van der Waals surface area contributed by atoms with E-state index < -0.39 is 0 Å². The van der Waals surface area contributed by atoms with Crippen LogP contribution in [0.5, 0.6) is 0 Å². The molecule has 1 aliphatic heterocycles. The second-order valence-electron chi connectivity index (χ2n) is 6.79. The largest absolute Gasteiger partial charge is 0.356 e. The molecule has 0 spiro atoms. The van der Waals surface area contributed by atoms with Crippen LogP contribution in [0.15, 0.2) is 54.9 Å². The van der Waals surface area contributed by atoms with Gasteiger partial charge in [-0.1, -0.05) is 18.2 Å². The molecule has 0 unspecified atom stereocenters. The fourth-order valence-electron chi connectivity index (χ4n) is 3.52. The summed E-state index contributed by atoms with van der Waals surface area (Å²) < 4.78 is 0. The van der Waals surface area contributed by atoms with Crippen LogP contribution in [-0.2, 0) is 0 Å². The van der Waals surface area contributed by atoms with Crippen LogP contribution < -0.4 is 10.2 Å². The van der Waals surface area contributed by atoms with Crippen LogP contribution in [0.3, 0.4) is 0 Å². The highest BCUT2D eigenvalue weighted by molar-refractivity contribution is 5.94. The highest BCUT2D eigenvalue weighted by atomic mass is 16.1. The van der Waals surface area contributed by atoms with Gasteiger partial charge < -0.3 is 10.2 Å². The lowest BCUT2D eigenvalue weighted by molar-refractivity contribution is 0.0931. The molecule has 0 atom stereocenters. The fourth-order valence-corrected chi connectivity index (χ4v) is 3.52. The number of aromatic nitrogens is 2. The number of carbonyl (C=O) groups is 1. The van der Waals surface area contributed by atoms with E-state index in [0.717, 1.165) is 37.3 Å². The van der Waals surface area contributed by atoms with Gasteiger partial charge in [0, 0.05) is 42.5 Å². The first-order chi connectivity index (χ1) is 12.7. The summed E-state index contributed by atoms with van der Waals surface area (Å²) in [4.78, 5) is 23.4. The van der Waals surface area contributed by atoms with Crippen LogP contribution in [0.2, 0.25) is 0 Å². The molecular formula is C21H22N4O. The molecule has 132 valence electrons. The smallest absolute Gasteiger partial charge is 0.251 e. The Morgan fingerprint density at radius 2 is 1.85 bits per heavy atom. The van der Waals surface area contributed by atoms with E-state index in [-0.39, 0.29) is 11.9 Å². The van der Waals surface area contributed by atoms with Gasteiger partial charge in [0.25, 0.3) is 5.91 Å². The minimum absolute atomic E-state index is 0.0227. The summed E-state index contributed by atoms with van der Waals surface area (Å²) in [6.07, 6.45) is 5.13. The number of fused-ring (bicyclic) bond motifs is 1. The van der Waals surface area contributed by atoms with Crippen LogP contribution >= 0.6 is 0 Å². The van der Waals surface area contributed by atoms with E-state index in [1.165, 1.54) is 10.9 Å². The van der Waals surface area contributed by atoms with Crippen LogP contribution in [0.25, 0.3) is 10.9 Å². The number of rotatable bonds is 3. The molecule has 1 saturated heterocycles. The van der Waals surface area contributed by atoms with Crippen molar-refractivity contribution in [2.45, 2.75) is 25.8 Å². The summed E-state index contributed by atoms with van der Waals surface area (Å²) in [6.45, 7) is 3.92. The highest BCUT2D eigenvalue weighted by Gasteiger charge is 2.22. The maximum absolute atomic E-state index is 12.3. The molecule has 26 heavy (non-hydrogen) atoms. The Kier molecular flexibility index (Phi) is 4.52. The normalized spacial score (nSPS) is 15.2. The Morgan fingerprint density at radius 3 is 2.62 bits per heavy atom. The average Bonchev–Trinajstić information content (AvgIpc) is 2.69. The third kappa shape index (κ3) is 3.38. The number of piperidine rings is 1. The van der Waals surface area contributed by atoms with Gasteiger partial charge in [-0.3, -0.25) is 9.78 Å². The summed E-state index contributed by atoms with van der Waals surface area (Å²) in [5.74, 6) is 1.01. The maximum atomic E-state index is 12.3. The van der Waals surface area contributed by atoms with Crippen molar-refractivity contribution in [2.24, 2.45) is 0 Å². The van der Waals surface area contributed by atoms with E-state index >= 15 is 0 Å². The first kappa shape index (κ1) is 16.5. The number of hydrogen-bond donors (Lipinski definition) is 1. The lowest BCUT2D eigenvalue weighted by Crippen LogP contribution is -2.45. The zero-order valence-corrected chi connectivity index (χ0v) is 14.9. The SMILES string of the molecule is Cc1cc(N2CCC(NC(=O)c3ccncc3)CC2)nc2ccccc12. The zero-order chi connectivity index (χ0) is 17.9. The first-order valence-corrected chi connectivity index (χ1v) is 9.03. The molecular weight excluding hydrogens is 324 g/mol. The van der Waals surface area contributed by atoms with E-state index in [4.69, 9.17) is 4.98 Å². The van der Waals surface area contributed by atoms with E-state index in [9.17, 15) is 4.79 Å². The van der Waals surface area contributed by atoms with Gasteiger partial charge in [0.1, 0.15) is 5.82 Å². The van der Waals surface area contributed by atoms with Gasteiger partial charge in [-0.05, 0) is 49.6 Å². The summed E-state index contributed by atoms with van der Waals surface area (Å²) in [6, 6.07) is 14.1. The number of amides is 1. The molecule has 1 aromatic carbocycles. The van der Waals surface area contributed by atoms with Gasteiger partial charge in [-0.2, -0.15) is 0 Å². The molecule has 1 fully saturated rings. The van der Waals surface area contributed by atoms with E-state index in [1.54, 1.807) is 24.5 Å². The molecule has 4 rings (SSSR count). The minimum atomic E-state index is -0.0227. The molecule has 1 N–H and O–H groups in total. The van der Waals surface area contributed by atoms with Gasteiger partial charge in [0.05, 0.1) is 5.52 Å². The van der Waals surface area contributed by atoms with Gasteiger partial charge in [-0.25, -0.2) is 4.98 Å². The minimum Gasteiger partial charge on any atom is -0.356 e. The third-order valence-electron chi connectivity index (χ3n) is 5.01. The van der Waals surface area contributed by atoms with Crippen molar-refractivity contribution in [2.75, 3.05) is 18.0 Å². The summed E-state index contributed by atoms with van der Waals surface area (Å²) in [7, 11) is 0. The number of para-hydroxylation sites is 1. The molecule has 5 heteroatoms. The molecule has 3 heterocycles. The Balaban J connectivity index is 1.41. The van der Waals surface area contributed by atoms with Crippen molar-refractivity contribution in [3.8, 4) is 0 Å². The van der Waals surface area contributed by atoms with Gasteiger partial charge in [0.15, 0.2) is 0 Å². The quantitative estimate of drug-likeness (QED) is 0.790. The molecule has 0 saturated carbocycles. The average molecular weight is 346 g/mol. The maximum Gasteiger partial charge on any atom is 0.251 e. The number of hydrogen-bond acceptors (Lipinski definition) is 4. The van der Waals surface area contributed by atoms with Crippen molar-refractivity contribution in [3.05, 3.63) is 66.0 Å². The van der Waals surface area contributed by atoms with Crippen molar-refractivity contribution in [1.29, 1.82) is 0 Å². The second kappa shape index (κ2) is 7.12. The zero-order valence-electron chi connectivity index (χ0n) is 14.9. The molecule has 3 aromatic rings. The Labute approximate surface area is 153 Å². The van der Waals surface area contributed by atoms with Crippen molar-refractivity contribution >= 4 is 22.6 Å². The van der Waals surface area contributed by atoms with E-state index in [0.29, 0.717) is 5.56 Å². The fraction of sp³-hybridized carbons (Fsp3) is 0.286. The molecule has 0 radical (unpaired) electrons. The highest BCUT2D eigenvalue weighted by Crippen LogP contribution is 2.24. The monoisotopic (exact) mass is 346 g/mol. The summed E-state index contributed by atoms with van der Waals surface area (Å²) >= 11 is 0. The van der Waals surface area contributed by atoms with Gasteiger partial charge in [0.2, 0.25) is 0 Å². The molecule has 1 aliphatic rings. The standard InChI is InChI=1S/C21H22N4O/c1-15-14-20(24-19-5-3-2-4-18(15)19)25-12-8-17(9-13-25)23-21(26)16-6-10-22-11-7-16/h2-7,10-11,14,17H,8-9,12-13H2,1H3,(H,23,26). The van der Waals surface area contributed by atoms with Gasteiger partial charge >= 0.3 is 0 Å². The predicted molar refractivity (Wildman–Crippen MR) is 103 cm³/mol. The molecule has 0 bridgehead atoms. The van der Waals surface area contributed by atoms with Crippen LogP contribution in [0.1, 0.15) is 28.8 Å². The van der Waals surface area contributed by atoms with Crippen LogP contribution in [0, 0.1) is 6.92 Å².